The molecule has 136 valence electrons. The van der Waals surface area contributed by atoms with Gasteiger partial charge in [-0.3, -0.25) is 19.7 Å². The number of non-ortho nitro benzene ring substituents is 1. The largest absolute Gasteiger partial charge is 0.352 e. The molecule has 0 aliphatic carbocycles. The van der Waals surface area contributed by atoms with Crippen LogP contribution in [0.2, 0.25) is 5.02 Å². The van der Waals surface area contributed by atoms with E-state index in [-0.39, 0.29) is 30.6 Å². The van der Waals surface area contributed by atoms with E-state index < -0.39 is 10.8 Å². The minimum absolute atomic E-state index is 0.0871. The van der Waals surface area contributed by atoms with E-state index in [0.717, 1.165) is 5.56 Å². The first kappa shape index (κ1) is 19.4. The molecule has 0 unspecified atom stereocenters. The summed E-state index contributed by atoms with van der Waals surface area (Å²) < 4.78 is 0. The van der Waals surface area contributed by atoms with E-state index in [9.17, 15) is 19.7 Å². The SMILES string of the molecule is C[C@H](NC(=O)CCNC(=O)c1ccc([N+](=O)[O-])cc1)c1cccc(Cl)c1. The fourth-order valence-corrected chi connectivity index (χ4v) is 2.50. The molecule has 1 atom stereocenters. The van der Waals surface area contributed by atoms with Gasteiger partial charge in [0.15, 0.2) is 0 Å². The van der Waals surface area contributed by atoms with Crippen LogP contribution in [0.1, 0.15) is 35.3 Å². The standard InChI is InChI=1S/C18H18ClN3O4/c1-12(14-3-2-4-15(19)11-14)21-17(23)9-10-20-18(24)13-5-7-16(8-6-13)22(25)26/h2-8,11-12H,9-10H2,1H3,(H,20,24)(H,21,23)/t12-/m0/s1. The van der Waals surface area contributed by atoms with Gasteiger partial charge in [0, 0.05) is 35.7 Å². The molecule has 7 nitrogen and oxygen atoms in total. The van der Waals surface area contributed by atoms with Crippen molar-refractivity contribution in [2.45, 2.75) is 19.4 Å². The van der Waals surface area contributed by atoms with Crippen LogP contribution in [0.25, 0.3) is 0 Å². The van der Waals surface area contributed by atoms with Crippen LogP contribution in [-0.4, -0.2) is 23.3 Å². The van der Waals surface area contributed by atoms with Gasteiger partial charge in [-0.2, -0.15) is 0 Å². The molecule has 0 saturated carbocycles. The Balaban J connectivity index is 1.78. The van der Waals surface area contributed by atoms with Crippen molar-refractivity contribution < 1.29 is 14.5 Å². The van der Waals surface area contributed by atoms with Gasteiger partial charge in [0.1, 0.15) is 0 Å². The summed E-state index contributed by atoms with van der Waals surface area (Å²) in [6, 6.07) is 12.3. The topological polar surface area (TPSA) is 101 Å². The van der Waals surface area contributed by atoms with E-state index in [2.05, 4.69) is 10.6 Å². The van der Waals surface area contributed by atoms with E-state index >= 15 is 0 Å². The van der Waals surface area contributed by atoms with Crippen LogP contribution in [0.4, 0.5) is 5.69 Å². The first-order chi connectivity index (χ1) is 12.4. The van der Waals surface area contributed by atoms with Crippen molar-refractivity contribution in [3.05, 3.63) is 74.8 Å². The van der Waals surface area contributed by atoms with Crippen molar-refractivity contribution in [3.8, 4) is 0 Å². The van der Waals surface area contributed by atoms with E-state index in [0.29, 0.717) is 10.6 Å². The van der Waals surface area contributed by atoms with Crippen LogP contribution < -0.4 is 10.6 Å². The number of nitro benzene ring substituents is 1. The highest BCUT2D eigenvalue weighted by atomic mass is 35.5. The number of nitro groups is 1. The Labute approximate surface area is 155 Å². The summed E-state index contributed by atoms with van der Waals surface area (Å²) in [4.78, 5) is 34.0. The molecule has 2 N–H and O–H groups in total. The maximum absolute atomic E-state index is 12.0. The third kappa shape index (κ3) is 5.56. The first-order valence-corrected chi connectivity index (χ1v) is 8.32. The molecule has 0 radical (unpaired) electrons. The molecule has 0 spiro atoms. The average Bonchev–Trinajstić information content (AvgIpc) is 2.61. The smallest absolute Gasteiger partial charge is 0.269 e. The highest BCUT2D eigenvalue weighted by Crippen LogP contribution is 2.17. The van der Waals surface area contributed by atoms with Crippen molar-refractivity contribution in [1.82, 2.24) is 10.6 Å². The summed E-state index contributed by atoms with van der Waals surface area (Å²) in [5, 5.41) is 16.6. The molecule has 0 aliphatic rings. The zero-order chi connectivity index (χ0) is 19.1. The maximum atomic E-state index is 12.0. The first-order valence-electron chi connectivity index (χ1n) is 7.94. The monoisotopic (exact) mass is 375 g/mol. The Bertz CT molecular complexity index is 808. The van der Waals surface area contributed by atoms with Gasteiger partial charge in [0.2, 0.25) is 5.91 Å². The summed E-state index contributed by atoms with van der Waals surface area (Å²) in [6.45, 7) is 2.00. The Kier molecular flexibility index (Phi) is 6.68. The fraction of sp³-hybridized carbons (Fsp3) is 0.222. The molecule has 0 aliphatic heterocycles. The number of amides is 2. The molecule has 2 aromatic rings. The molecular formula is C18H18ClN3O4. The summed E-state index contributed by atoms with van der Waals surface area (Å²) >= 11 is 5.93. The van der Waals surface area contributed by atoms with E-state index in [1.807, 2.05) is 19.1 Å². The zero-order valence-electron chi connectivity index (χ0n) is 14.1. The minimum Gasteiger partial charge on any atom is -0.352 e. The summed E-state index contributed by atoms with van der Waals surface area (Å²) in [5.74, 6) is -0.600. The second-order valence-corrected chi connectivity index (χ2v) is 6.09. The van der Waals surface area contributed by atoms with Crippen LogP contribution >= 0.6 is 11.6 Å². The van der Waals surface area contributed by atoms with Crippen molar-refractivity contribution in [3.63, 3.8) is 0 Å². The van der Waals surface area contributed by atoms with Crippen LogP contribution in [0, 0.1) is 10.1 Å². The molecule has 8 heteroatoms. The third-order valence-corrected chi connectivity index (χ3v) is 3.94. The lowest BCUT2D eigenvalue weighted by Gasteiger charge is -2.14. The van der Waals surface area contributed by atoms with Crippen molar-refractivity contribution in [2.24, 2.45) is 0 Å². The van der Waals surface area contributed by atoms with Crippen molar-refractivity contribution in [1.29, 1.82) is 0 Å². The number of rotatable bonds is 7. The molecule has 0 fully saturated rings. The molecule has 0 bridgehead atoms. The Morgan fingerprint density at radius 3 is 2.50 bits per heavy atom. The lowest BCUT2D eigenvalue weighted by Crippen LogP contribution is -2.32. The maximum Gasteiger partial charge on any atom is 0.269 e. The van der Waals surface area contributed by atoms with Crippen molar-refractivity contribution >= 4 is 29.1 Å². The number of carbonyl (C=O) groups excluding carboxylic acids is 2. The number of hydrogen-bond donors (Lipinski definition) is 2. The number of nitrogens with zero attached hydrogens (tertiary/aromatic N) is 1. The van der Waals surface area contributed by atoms with Crippen LogP contribution in [0.3, 0.4) is 0 Å². The fourth-order valence-electron chi connectivity index (χ4n) is 2.30. The predicted octanol–water partition coefficient (Wildman–Crippen LogP) is 3.25. The zero-order valence-corrected chi connectivity index (χ0v) is 14.8. The molecule has 2 amide bonds. The number of nitrogens with one attached hydrogen (secondary N) is 2. The summed E-state index contributed by atoms with van der Waals surface area (Å²) in [7, 11) is 0. The van der Waals surface area contributed by atoms with Gasteiger partial charge in [0.25, 0.3) is 11.6 Å². The van der Waals surface area contributed by atoms with Gasteiger partial charge in [-0.15, -0.1) is 0 Å². The Morgan fingerprint density at radius 1 is 1.19 bits per heavy atom. The molecule has 2 rings (SSSR count). The van der Waals surface area contributed by atoms with Gasteiger partial charge in [-0.05, 0) is 36.8 Å². The molecule has 26 heavy (non-hydrogen) atoms. The highest BCUT2D eigenvalue weighted by Gasteiger charge is 2.12. The lowest BCUT2D eigenvalue weighted by atomic mass is 10.1. The number of hydrogen-bond acceptors (Lipinski definition) is 4. The van der Waals surface area contributed by atoms with E-state index in [4.69, 9.17) is 11.6 Å². The Morgan fingerprint density at radius 2 is 1.88 bits per heavy atom. The van der Waals surface area contributed by atoms with Crippen LogP contribution in [-0.2, 0) is 4.79 Å². The van der Waals surface area contributed by atoms with Gasteiger partial charge in [-0.1, -0.05) is 23.7 Å². The lowest BCUT2D eigenvalue weighted by molar-refractivity contribution is -0.384. The van der Waals surface area contributed by atoms with Gasteiger partial charge < -0.3 is 10.6 Å². The van der Waals surface area contributed by atoms with Gasteiger partial charge in [0.05, 0.1) is 11.0 Å². The number of halogens is 1. The molecular weight excluding hydrogens is 358 g/mol. The molecule has 2 aromatic carbocycles. The van der Waals surface area contributed by atoms with Gasteiger partial charge >= 0.3 is 0 Å². The molecule has 0 heterocycles. The van der Waals surface area contributed by atoms with Crippen molar-refractivity contribution in [2.75, 3.05) is 6.54 Å². The van der Waals surface area contributed by atoms with Gasteiger partial charge in [-0.25, -0.2) is 0 Å². The second kappa shape index (κ2) is 8.96. The summed E-state index contributed by atoms with van der Waals surface area (Å²) in [6.07, 6.45) is 0.115. The minimum atomic E-state index is -0.535. The predicted molar refractivity (Wildman–Crippen MR) is 98.1 cm³/mol. The summed E-state index contributed by atoms with van der Waals surface area (Å²) in [5.41, 5.74) is 1.10. The molecule has 0 saturated heterocycles. The molecule has 0 aromatic heterocycles. The third-order valence-electron chi connectivity index (χ3n) is 3.70. The number of benzene rings is 2. The normalized spacial score (nSPS) is 11.5. The van der Waals surface area contributed by atoms with Crippen LogP contribution in [0.5, 0.6) is 0 Å². The Hall–Kier alpha value is -2.93. The van der Waals surface area contributed by atoms with E-state index in [1.54, 1.807) is 12.1 Å². The highest BCUT2D eigenvalue weighted by molar-refractivity contribution is 6.30. The number of carbonyl (C=O) groups is 2. The quantitative estimate of drug-likeness (QED) is 0.572. The average molecular weight is 376 g/mol. The van der Waals surface area contributed by atoms with E-state index in [1.165, 1.54) is 24.3 Å². The van der Waals surface area contributed by atoms with Crippen LogP contribution in [0.15, 0.2) is 48.5 Å². The second-order valence-electron chi connectivity index (χ2n) is 5.65.